The van der Waals surface area contributed by atoms with Crippen molar-refractivity contribution in [2.24, 2.45) is 5.92 Å². The van der Waals surface area contributed by atoms with Crippen LogP contribution in [-0.2, 0) is 6.54 Å². The van der Waals surface area contributed by atoms with E-state index >= 15 is 0 Å². The highest BCUT2D eigenvalue weighted by Gasteiger charge is 2.41. The Labute approximate surface area is 147 Å². The number of nitrogens with zero attached hydrogens (tertiary/aromatic N) is 3. The molecule has 6 heteroatoms. The molecule has 0 aromatic carbocycles. The number of aromatic nitrogens is 1. The zero-order valence-corrected chi connectivity index (χ0v) is 15.0. The molecule has 24 heavy (non-hydrogen) atoms. The van der Waals surface area contributed by atoms with Gasteiger partial charge in [0.15, 0.2) is 0 Å². The van der Waals surface area contributed by atoms with Gasteiger partial charge in [0.2, 0.25) is 0 Å². The zero-order chi connectivity index (χ0) is 17.1. The first kappa shape index (κ1) is 16.2. The Morgan fingerprint density at radius 1 is 1.38 bits per heavy atom. The number of hydrogen-bond acceptors (Lipinski definition) is 4. The summed E-state index contributed by atoms with van der Waals surface area (Å²) in [5, 5.41) is 10.6. The van der Waals surface area contributed by atoms with Crippen LogP contribution in [0.4, 0.5) is 5.82 Å². The molecule has 1 atom stereocenters. The van der Waals surface area contributed by atoms with Crippen LogP contribution < -0.4 is 4.90 Å². The standard InChI is InChI=1S/C18H24ClN3O2/c1-11(12-3-4-12)22-10-13-9-14(19)20-16(15(13)17(22)23)21-7-5-18(2,24)6-8-21/h9,11-12,24H,3-8,10H2,1-2H3/t11-/m0/s1. The van der Waals surface area contributed by atoms with Crippen molar-refractivity contribution in [3.05, 3.63) is 22.3 Å². The summed E-state index contributed by atoms with van der Waals surface area (Å²) < 4.78 is 0. The second-order valence-corrected chi connectivity index (χ2v) is 8.19. The lowest BCUT2D eigenvalue weighted by Crippen LogP contribution is -2.43. The smallest absolute Gasteiger partial charge is 0.258 e. The zero-order valence-electron chi connectivity index (χ0n) is 14.3. The highest BCUT2D eigenvalue weighted by atomic mass is 35.5. The van der Waals surface area contributed by atoms with E-state index in [0.29, 0.717) is 54.9 Å². The third-order valence-electron chi connectivity index (χ3n) is 5.80. The predicted molar refractivity (Wildman–Crippen MR) is 93.4 cm³/mol. The molecule has 2 fully saturated rings. The molecular formula is C18H24ClN3O2. The SMILES string of the molecule is C[C@@H](C1CC1)N1Cc2cc(Cl)nc(N3CCC(C)(O)CC3)c2C1=O. The Balaban J connectivity index is 1.65. The van der Waals surface area contributed by atoms with Crippen molar-refractivity contribution in [1.29, 1.82) is 0 Å². The summed E-state index contributed by atoms with van der Waals surface area (Å²) >= 11 is 6.24. The Kier molecular flexibility index (Phi) is 3.77. The lowest BCUT2D eigenvalue weighted by molar-refractivity contribution is 0.0350. The van der Waals surface area contributed by atoms with Gasteiger partial charge in [0.05, 0.1) is 11.2 Å². The van der Waals surface area contributed by atoms with E-state index in [-0.39, 0.29) is 11.9 Å². The molecule has 1 saturated carbocycles. The number of rotatable bonds is 3. The minimum absolute atomic E-state index is 0.0842. The van der Waals surface area contributed by atoms with Gasteiger partial charge < -0.3 is 14.9 Å². The van der Waals surface area contributed by atoms with Gasteiger partial charge in [-0.15, -0.1) is 0 Å². The second kappa shape index (κ2) is 5.60. The first-order valence-electron chi connectivity index (χ1n) is 8.83. The Bertz CT molecular complexity index is 677. The van der Waals surface area contributed by atoms with Gasteiger partial charge in [-0.2, -0.15) is 0 Å². The lowest BCUT2D eigenvalue weighted by atomic mass is 9.93. The summed E-state index contributed by atoms with van der Waals surface area (Å²) in [6.45, 7) is 6.03. The maximum absolute atomic E-state index is 13.0. The minimum Gasteiger partial charge on any atom is -0.390 e. The van der Waals surface area contributed by atoms with Crippen molar-refractivity contribution in [2.45, 2.75) is 57.7 Å². The lowest BCUT2D eigenvalue weighted by Gasteiger charge is -2.37. The van der Waals surface area contributed by atoms with E-state index in [1.54, 1.807) is 0 Å². The van der Waals surface area contributed by atoms with Gasteiger partial charge in [-0.25, -0.2) is 4.98 Å². The van der Waals surface area contributed by atoms with Gasteiger partial charge in [-0.05, 0) is 57.1 Å². The fourth-order valence-electron chi connectivity index (χ4n) is 3.90. The van der Waals surface area contributed by atoms with E-state index in [1.165, 1.54) is 12.8 Å². The first-order chi connectivity index (χ1) is 11.4. The molecule has 4 rings (SSSR count). The molecule has 0 radical (unpaired) electrons. The van der Waals surface area contributed by atoms with Crippen LogP contribution in [0.3, 0.4) is 0 Å². The van der Waals surface area contributed by atoms with Crippen LogP contribution in [0.15, 0.2) is 6.07 Å². The van der Waals surface area contributed by atoms with Crippen LogP contribution >= 0.6 is 11.6 Å². The number of halogens is 1. The third-order valence-corrected chi connectivity index (χ3v) is 6.00. The number of anilines is 1. The van der Waals surface area contributed by atoms with Gasteiger partial charge >= 0.3 is 0 Å². The van der Waals surface area contributed by atoms with Crippen LogP contribution in [0.5, 0.6) is 0 Å². The monoisotopic (exact) mass is 349 g/mol. The average Bonchev–Trinajstić information content (AvgIpc) is 3.31. The largest absolute Gasteiger partial charge is 0.390 e. The van der Waals surface area contributed by atoms with Crippen LogP contribution in [0.25, 0.3) is 0 Å². The second-order valence-electron chi connectivity index (χ2n) is 7.80. The Morgan fingerprint density at radius 3 is 2.67 bits per heavy atom. The van der Waals surface area contributed by atoms with Crippen LogP contribution in [0.1, 0.15) is 55.5 Å². The van der Waals surface area contributed by atoms with Gasteiger partial charge in [-0.3, -0.25) is 4.79 Å². The first-order valence-corrected chi connectivity index (χ1v) is 9.21. The summed E-state index contributed by atoms with van der Waals surface area (Å²) in [6, 6.07) is 2.11. The van der Waals surface area contributed by atoms with Crippen molar-refractivity contribution in [2.75, 3.05) is 18.0 Å². The third kappa shape index (κ3) is 2.78. The predicted octanol–water partition coefficient (Wildman–Crippen LogP) is 2.84. The number of carbonyl (C=O) groups excluding carboxylic acids is 1. The molecule has 0 bridgehead atoms. The number of pyridine rings is 1. The quantitative estimate of drug-likeness (QED) is 0.852. The van der Waals surface area contributed by atoms with Crippen molar-refractivity contribution < 1.29 is 9.90 Å². The topological polar surface area (TPSA) is 56.7 Å². The molecule has 2 aliphatic heterocycles. The molecule has 1 N–H and O–H groups in total. The summed E-state index contributed by atoms with van der Waals surface area (Å²) in [7, 11) is 0. The molecule has 130 valence electrons. The molecule has 3 aliphatic rings. The van der Waals surface area contributed by atoms with Gasteiger partial charge in [0.1, 0.15) is 11.0 Å². The normalized spacial score (nSPS) is 24.2. The van der Waals surface area contributed by atoms with Gasteiger partial charge in [0.25, 0.3) is 5.91 Å². The molecule has 1 amide bonds. The molecule has 1 aromatic heterocycles. The highest BCUT2D eigenvalue weighted by Crippen LogP contribution is 2.41. The van der Waals surface area contributed by atoms with Gasteiger partial charge in [0, 0.05) is 25.7 Å². The summed E-state index contributed by atoms with van der Waals surface area (Å²) in [4.78, 5) is 21.6. The maximum Gasteiger partial charge on any atom is 0.258 e. The Hall–Kier alpha value is -1.33. The molecule has 0 spiro atoms. The van der Waals surface area contributed by atoms with Crippen molar-refractivity contribution >= 4 is 23.3 Å². The van der Waals surface area contributed by atoms with E-state index < -0.39 is 5.60 Å². The minimum atomic E-state index is -0.630. The summed E-state index contributed by atoms with van der Waals surface area (Å²) in [6.07, 6.45) is 3.78. The molecule has 0 unspecified atom stereocenters. The number of hydrogen-bond donors (Lipinski definition) is 1. The summed E-state index contributed by atoms with van der Waals surface area (Å²) in [5.41, 5.74) is 1.07. The van der Waals surface area contributed by atoms with Gasteiger partial charge in [-0.1, -0.05) is 11.6 Å². The van der Waals surface area contributed by atoms with Crippen LogP contribution in [-0.4, -0.2) is 45.6 Å². The van der Waals surface area contributed by atoms with E-state index in [4.69, 9.17) is 11.6 Å². The van der Waals surface area contributed by atoms with E-state index in [2.05, 4.69) is 16.8 Å². The van der Waals surface area contributed by atoms with Crippen molar-refractivity contribution in [1.82, 2.24) is 9.88 Å². The van der Waals surface area contributed by atoms with E-state index in [1.807, 2.05) is 17.9 Å². The van der Waals surface area contributed by atoms with Crippen LogP contribution in [0, 0.1) is 5.92 Å². The fourth-order valence-corrected chi connectivity index (χ4v) is 4.11. The number of carbonyl (C=O) groups is 1. The van der Waals surface area contributed by atoms with Crippen molar-refractivity contribution in [3.63, 3.8) is 0 Å². The highest BCUT2D eigenvalue weighted by molar-refractivity contribution is 6.29. The summed E-state index contributed by atoms with van der Waals surface area (Å²) in [5.74, 6) is 1.42. The van der Waals surface area contributed by atoms with Crippen LogP contribution in [0.2, 0.25) is 5.15 Å². The fraction of sp³-hybridized carbons (Fsp3) is 0.667. The Morgan fingerprint density at radius 2 is 2.04 bits per heavy atom. The molecule has 5 nitrogen and oxygen atoms in total. The maximum atomic E-state index is 13.0. The molecule has 1 aliphatic carbocycles. The molecule has 1 aromatic rings. The van der Waals surface area contributed by atoms with E-state index in [0.717, 1.165) is 5.56 Å². The number of aliphatic hydroxyl groups is 1. The molecule has 3 heterocycles. The van der Waals surface area contributed by atoms with E-state index in [9.17, 15) is 9.90 Å². The molecular weight excluding hydrogens is 326 g/mol. The number of amides is 1. The number of fused-ring (bicyclic) bond motifs is 1. The number of piperidine rings is 1. The average molecular weight is 350 g/mol. The molecule has 1 saturated heterocycles. The van der Waals surface area contributed by atoms with Crippen molar-refractivity contribution in [3.8, 4) is 0 Å².